The van der Waals surface area contributed by atoms with Gasteiger partial charge in [-0.3, -0.25) is 62.6 Å². The molecule has 0 saturated carbocycles. The Morgan fingerprint density at radius 3 is 1.14 bits per heavy atom. The molecular weight excluding hydrogens is 1730 g/mol. The van der Waals surface area contributed by atoms with E-state index < -0.39 is 178 Å². The molecular formula is C83H66Cl3F9N10O14S3. The van der Waals surface area contributed by atoms with Crippen LogP contribution in [-0.2, 0) is 28.6 Å². The predicted octanol–water partition coefficient (Wildman–Crippen LogP) is 15.2. The molecule has 6 aliphatic heterocycles. The fourth-order valence-corrected chi connectivity index (χ4v) is 19.3. The van der Waals surface area contributed by atoms with Crippen LogP contribution in [0.2, 0.25) is 15.1 Å². The first-order valence-corrected chi connectivity index (χ1v) is 40.9. The Balaban J connectivity index is 0.000000150. The number of carbonyl (C=O) groups excluding carboxylic acids is 5. The summed E-state index contributed by atoms with van der Waals surface area (Å²) < 4.78 is 140. The number of thioether (sulfide) groups is 3. The van der Waals surface area contributed by atoms with Crippen molar-refractivity contribution in [3.05, 3.63) is 311 Å². The number of halogens is 12. The fraction of sp³-hybridized carbons (Fsp3) is 0.241. The zero-order chi connectivity index (χ0) is 87.8. The molecule has 0 fully saturated rings. The number of aromatic hydroxyl groups is 2. The number of fused-ring (bicyclic) bond motifs is 9. The molecule has 6 aliphatic rings. The maximum Gasteiger partial charge on any atom is 0.408 e. The van der Waals surface area contributed by atoms with Gasteiger partial charge in [-0.05, 0) is 96.1 Å². The number of methoxy groups -OCH3 is 1. The monoisotopic (exact) mass is 1800 g/mol. The van der Waals surface area contributed by atoms with Gasteiger partial charge in [0.1, 0.15) is 79.6 Å². The summed E-state index contributed by atoms with van der Waals surface area (Å²) in [4.78, 5) is 121. The highest BCUT2D eigenvalue weighted by Crippen LogP contribution is 2.51. The number of hydrogen-bond acceptors (Lipinski definition) is 19. The van der Waals surface area contributed by atoms with Crippen LogP contribution in [0.1, 0.15) is 157 Å². The first-order valence-electron chi connectivity index (χ1n) is 36.8. The van der Waals surface area contributed by atoms with E-state index in [0.717, 1.165) is 87.2 Å². The van der Waals surface area contributed by atoms with Crippen molar-refractivity contribution < 1.29 is 93.1 Å². The Labute approximate surface area is 713 Å². The van der Waals surface area contributed by atoms with Gasteiger partial charge in [-0.25, -0.2) is 9.59 Å². The van der Waals surface area contributed by atoms with Gasteiger partial charge in [0.05, 0.1) is 7.11 Å². The number of aromatic carboxylic acids is 1. The smallest absolute Gasteiger partial charge is 0.408 e. The van der Waals surface area contributed by atoms with Gasteiger partial charge in [0, 0.05) is 82.3 Å². The topological polar surface area (TPSA) is 293 Å². The molecule has 0 unspecified atom stereocenters. The number of carbonyl (C=O) groups is 6. The molecule has 4 amide bonds. The number of benzene rings is 7. The second-order valence-electron chi connectivity index (χ2n) is 28.5. The summed E-state index contributed by atoms with van der Waals surface area (Å²) in [5.41, 5.74) is 4.65. The Kier molecular flexibility index (Phi) is 24.1. The van der Waals surface area contributed by atoms with Crippen LogP contribution in [0.5, 0.6) is 17.2 Å². The van der Waals surface area contributed by atoms with Crippen molar-refractivity contribution in [3.63, 3.8) is 0 Å². The summed E-state index contributed by atoms with van der Waals surface area (Å²) in [5, 5.41) is 36.2. The largest absolute Gasteiger partial charge is 0.502 e. The van der Waals surface area contributed by atoms with Crippen molar-refractivity contribution in [2.45, 2.75) is 114 Å². The number of hydrogen-bond donors (Lipinski definition) is 4. The molecule has 0 bridgehead atoms. The summed E-state index contributed by atoms with van der Waals surface area (Å²) in [6.07, 6.45) is -11.5. The molecule has 0 saturated heterocycles. The van der Waals surface area contributed by atoms with Crippen molar-refractivity contribution >= 4 is 106 Å². The highest BCUT2D eigenvalue weighted by atomic mass is 35.5. The minimum Gasteiger partial charge on any atom is -0.502 e. The molecule has 122 heavy (non-hydrogen) atoms. The van der Waals surface area contributed by atoms with Crippen LogP contribution in [-0.4, -0.2) is 143 Å². The molecule has 10 aromatic rings. The Morgan fingerprint density at radius 1 is 0.459 bits per heavy atom. The first kappa shape index (κ1) is 86.7. The summed E-state index contributed by atoms with van der Waals surface area (Å²) in [7, 11) is 1.10. The average Bonchev–Trinajstić information content (AvgIpc) is 1.04. The molecule has 0 aliphatic carbocycles. The first-order chi connectivity index (χ1) is 57.8. The average molecular weight is 1800 g/mol. The molecule has 5 N–H and O–H groups in total. The van der Waals surface area contributed by atoms with Crippen molar-refractivity contribution in [2.24, 2.45) is 5.73 Å². The van der Waals surface area contributed by atoms with Crippen LogP contribution in [0.25, 0.3) is 0 Å². The molecule has 16 rings (SSSR count). The fourth-order valence-electron chi connectivity index (χ4n) is 15.1. The molecule has 6 atom stereocenters. The van der Waals surface area contributed by atoms with Crippen LogP contribution < -0.4 is 41.8 Å². The molecule has 0 spiro atoms. The normalized spacial score (nSPS) is 17.3. The van der Waals surface area contributed by atoms with E-state index in [0.29, 0.717) is 86.0 Å². The summed E-state index contributed by atoms with van der Waals surface area (Å²) in [6, 6.07) is 36.9. The molecule has 24 nitrogen and oxygen atoms in total. The summed E-state index contributed by atoms with van der Waals surface area (Å²) >= 11 is 24.7. The maximum atomic E-state index is 14.3. The third-order valence-corrected chi connectivity index (χ3v) is 25.9. The lowest BCUT2D eigenvalue weighted by molar-refractivity contribution is -0.173. The third kappa shape index (κ3) is 16.0. The van der Waals surface area contributed by atoms with Crippen molar-refractivity contribution in [2.75, 3.05) is 42.1 Å². The number of aromatic nitrogens is 3. The van der Waals surface area contributed by atoms with E-state index in [1.54, 1.807) is 115 Å². The van der Waals surface area contributed by atoms with Gasteiger partial charge in [0.25, 0.3) is 23.6 Å². The van der Waals surface area contributed by atoms with Gasteiger partial charge in [-0.15, -0.1) is 35.3 Å². The van der Waals surface area contributed by atoms with Crippen molar-refractivity contribution in [1.82, 2.24) is 28.7 Å². The highest BCUT2D eigenvalue weighted by molar-refractivity contribution is 7.99. The number of amides is 4. The maximum absolute atomic E-state index is 14.3. The van der Waals surface area contributed by atoms with E-state index in [1.165, 1.54) is 43.2 Å². The number of rotatable bonds is 12. The van der Waals surface area contributed by atoms with Gasteiger partial charge in [0.15, 0.2) is 34.3 Å². The van der Waals surface area contributed by atoms with Gasteiger partial charge in [-0.1, -0.05) is 156 Å². The SMILES string of the molecule is COC(=O)c1cn2c(c(OCc3ccccc3)c1=O)C(=O)N([C@H](C)C(F)(F)F)CN2[C@@H]1c2ccccc2SCc2cccc(Cl)c21.C[C@@H](N1CN([C@@H]2c3ccccc3SCc3cccc(Cl)c32)n2cc(C(=O)O)c(=O)c(O)c2C1=O)C(F)(F)F.C[C@@H](N1CN([C@@H]2c3ccccc3SCc3cccc(Cl)c32)n2cc(C(N)=O)c(=O)c(O)c2C1=O)C(F)(F)F. The lowest BCUT2D eigenvalue weighted by atomic mass is 9.94. The van der Waals surface area contributed by atoms with Crippen LogP contribution in [0.3, 0.4) is 0 Å². The Bertz CT molecular complexity index is 5900. The number of nitrogens with two attached hydrogens (primary N) is 1. The van der Waals surface area contributed by atoms with E-state index in [9.17, 15) is 98.0 Å². The molecule has 39 heteroatoms. The number of carboxylic acid groups (broad SMARTS) is 1. The second kappa shape index (κ2) is 34.0. The standard InChI is InChI=1S/C33H27ClF3N3O5S.C25H20ClF3N4O4S.C25H19ClF3N3O5S/c1-19(33(35,36)37)38-18-40(27-22-12-6-7-14-25(22)46-17-21-11-8-13-24(34)26(21)27)39-15-23(32(43)44-2)29(41)30(28(39)31(38)42)45-16-20-9-4-3-5-10-20;1-12(25(27,28)29)31-11-33(32-9-15(23(30)36)21(34)22(35)20(32)24(31)37)19-14-6-2-3-8-17(14)38-10-13-5-4-7-16(26)18(13)19;1-12(25(27,28)29)30-11-32(31-9-15(24(36)37)21(33)22(34)20(31)23(30)35)19-14-6-2-3-8-17(14)38-10-13-5-4-7-16(26)18(13)19/h3-15,19,27H,16-18H2,1-2H3;2-9,12,19,35H,10-11H2,1H3,(H2,30,36);2-9,12,19,34H,10-11H2,1H3,(H,36,37)/t19-,27-;2*12-,19-/m111/s1. The number of esters is 1. The van der Waals surface area contributed by atoms with Crippen LogP contribution in [0, 0.1) is 0 Å². The highest BCUT2D eigenvalue weighted by Gasteiger charge is 2.53. The van der Waals surface area contributed by atoms with E-state index >= 15 is 0 Å². The summed E-state index contributed by atoms with van der Waals surface area (Å²) in [6.45, 7) is 0.467. The van der Waals surface area contributed by atoms with Gasteiger partial charge in [-0.2, -0.15) is 39.5 Å². The van der Waals surface area contributed by atoms with Gasteiger partial charge < -0.3 is 45.2 Å². The number of ether oxygens (including phenoxy) is 2. The number of carboxylic acids is 1. The van der Waals surface area contributed by atoms with E-state index in [2.05, 4.69) is 0 Å². The Morgan fingerprint density at radius 2 is 0.787 bits per heavy atom. The van der Waals surface area contributed by atoms with Crippen LogP contribution in [0.4, 0.5) is 39.5 Å². The van der Waals surface area contributed by atoms with Crippen LogP contribution >= 0.6 is 70.1 Å². The van der Waals surface area contributed by atoms with Gasteiger partial charge >= 0.3 is 30.5 Å². The summed E-state index contributed by atoms with van der Waals surface area (Å²) in [5.74, 6) is -8.92. The van der Waals surface area contributed by atoms with Crippen LogP contribution in [0.15, 0.2) is 205 Å². The quantitative estimate of drug-likeness (QED) is 0.0653. The minimum absolute atomic E-state index is 0.201. The number of primary amides is 1. The van der Waals surface area contributed by atoms with Crippen molar-refractivity contribution in [1.29, 1.82) is 0 Å². The second-order valence-corrected chi connectivity index (χ2v) is 32.8. The third-order valence-electron chi connectivity index (χ3n) is 21.5. The van der Waals surface area contributed by atoms with E-state index in [4.69, 9.17) is 50.0 Å². The van der Waals surface area contributed by atoms with Crippen molar-refractivity contribution in [3.8, 4) is 17.2 Å². The molecule has 3 aromatic heterocycles. The van der Waals surface area contributed by atoms with E-state index in [-0.39, 0.29) is 6.61 Å². The van der Waals surface area contributed by atoms with Gasteiger partial charge in [0.2, 0.25) is 16.3 Å². The number of nitrogens with zero attached hydrogens (tertiary/aromatic N) is 9. The minimum atomic E-state index is -4.83. The Hall–Kier alpha value is -11.7. The molecule has 634 valence electrons. The zero-order valence-corrected chi connectivity index (χ0v) is 68.6. The number of alkyl halides is 9. The lowest BCUT2D eigenvalue weighted by Crippen LogP contribution is -2.60. The zero-order valence-electron chi connectivity index (χ0n) is 63.9. The predicted molar refractivity (Wildman–Crippen MR) is 435 cm³/mol. The lowest BCUT2D eigenvalue weighted by Gasteiger charge is -2.46. The number of pyridine rings is 3. The molecule has 9 heterocycles. The molecule has 7 aromatic carbocycles. The molecule has 0 radical (unpaired) electrons. The van der Waals surface area contributed by atoms with E-state index in [1.807, 2.05) is 54.6 Å².